The minimum atomic E-state index is -0.0189. The maximum atomic E-state index is 12.0. The number of carbonyl (C=O) groups excluding carboxylic acids is 1. The quantitative estimate of drug-likeness (QED) is 0.880. The van der Waals surface area contributed by atoms with E-state index < -0.39 is 0 Å². The number of anilines is 1. The number of nitrogens with zero attached hydrogens (tertiary/aromatic N) is 4. The predicted octanol–water partition coefficient (Wildman–Crippen LogP) is 1.61. The summed E-state index contributed by atoms with van der Waals surface area (Å²) < 4.78 is 1.74. The van der Waals surface area contributed by atoms with Gasteiger partial charge in [-0.1, -0.05) is 0 Å². The molecule has 0 unspecified atom stereocenters. The topological polar surface area (TPSA) is 63.1 Å². The van der Waals surface area contributed by atoms with Gasteiger partial charge in [-0.15, -0.1) is 11.3 Å². The molecule has 0 radical (unpaired) electrons. The molecule has 7 heteroatoms. The highest BCUT2D eigenvalue weighted by Crippen LogP contribution is 2.13. The van der Waals surface area contributed by atoms with Crippen molar-refractivity contribution in [3.8, 4) is 0 Å². The van der Waals surface area contributed by atoms with E-state index in [9.17, 15) is 4.79 Å². The Morgan fingerprint density at radius 2 is 2.24 bits per heavy atom. The van der Waals surface area contributed by atoms with Gasteiger partial charge in [0.25, 0.3) is 0 Å². The first-order valence-corrected chi connectivity index (χ1v) is 7.71. The fourth-order valence-electron chi connectivity index (χ4n) is 1.99. The van der Waals surface area contributed by atoms with Crippen LogP contribution in [0.3, 0.4) is 0 Å². The van der Waals surface area contributed by atoms with Crippen molar-refractivity contribution in [1.82, 2.24) is 19.7 Å². The lowest BCUT2D eigenvalue weighted by molar-refractivity contribution is -0.117. The van der Waals surface area contributed by atoms with Crippen LogP contribution < -0.4 is 5.32 Å². The van der Waals surface area contributed by atoms with Crippen LogP contribution in [0.15, 0.2) is 11.7 Å². The van der Waals surface area contributed by atoms with Gasteiger partial charge < -0.3 is 5.32 Å². The molecule has 0 spiro atoms. The molecule has 2 rings (SSSR count). The lowest BCUT2D eigenvalue weighted by atomic mass is 10.3. The third-order valence-electron chi connectivity index (χ3n) is 3.49. The molecule has 0 aliphatic rings. The van der Waals surface area contributed by atoms with Gasteiger partial charge in [0, 0.05) is 18.5 Å². The second-order valence-electron chi connectivity index (χ2n) is 5.16. The Morgan fingerprint density at radius 3 is 2.81 bits per heavy atom. The Hall–Kier alpha value is -1.73. The number of nitrogens with one attached hydrogen (secondary N) is 1. The highest BCUT2D eigenvalue weighted by molar-refractivity contribution is 7.09. The second kappa shape index (κ2) is 6.82. The van der Waals surface area contributed by atoms with Gasteiger partial charge in [0.2, 0.25) is 5.91 Å². The zero-order chi connectivity index (χ0) is 15.4. The summed E-state index contributed by atoms with van der Waals surface area (Å²) in [6, 6.07) is 0. The summed E-state index contributed by atoms with van der Waals surface area (Å²) in [5.41, 5.74) is 4.67. The van der Waals surface area contributed by atoms with Crippen molar-refractivity contribution in [2.75, 3.05) is 25.5 Å². The molecule has 0 aliphatic carbocycles. The van der Waals surface area contributed by atoms with E-state index in [-0.39, 0.29) is 5.91 Å². The maximum Gasteiger partial charge on any atom is 0.238 e. The molecule has 21 heavy (non-hydrogen) atoms. The molecule has 2 aromatic rings. The van der Waals surface area contributed by atoms with Gasteiger partial charge in [-0.05, 0) is 27.3 Å². The maximum absolute atomic E-state index is 12.0. The van der Waals surface area contributed by atoms with E-state index >= 15 is 0 Å². The summed E-state index contributed by atoms with van der Waals surface area (Å²) in [5.74, 6) is -0.0189. The molecule has 0 bridgehead atoms. The van der Waals surface area contributed by atoms with Gasteiger partial charge in [-0.25, -0.2) is 4.98 Å². The van der Waals surface area contributed by atoms with Crippen LogP contribution in [-0.2, 0) is 18.3 Å². The number of rotatable bonds is 6. The van der Waals surface area contributed by atoms with Crippen molar-refractivity contribution in [3.05, 3.63) is 28.0 Å². The van der Waals surface area contributed by atoms with E-state index in [1.807, 2.05) is 38.4 Å². The van der Waals surface area contributed by atoms with Crippen molar-refractivity contribution >= 4 is 22.9 Å². The summed E-state index contributed by atoms with van der Waals surface area (Å²) in [6.45, 7) is 5.15. The highest BCUT2D eigenvalue weighted by atomic mass is 32.1. The van der Waals surface area contributed by atoms with Gasteiger partial charge in [0.05, 0.1) is 35.3 Å². The van der Waals surface area contributed by atoms with E-state index in [0.717, 1.165) is 30.0 Å². The molecule has 0 fully saturated rings. The minimum Gasteiger partial charge on any atom is -0.322 e. The molecule has 114 valence electrons. The Morgan fingerprint density at radius 1 is 1.48 bits per heavy atom. The summed E-state index contributed by atoms with van der Waals surface area (Å²) >= 11 is 1.67. The smallest absolute Gasteiger partial charge is 0.238 e. The highest BCUT2D eigenvalue weighted by Gasteiger charge is 2.11. The second-order valence-corrected chi connectivity index (χ2v) is 6.10. The lowest BCUT2D eigenvalue weighted by Gasteiger charge is -2.15. The molecule has 0 saturated heterocycles. The molecule has 0 aromatic carbocycles. The van der Waals surface area contributed by atoms with E-state index in [0.29, 0.717) is 6.54 Å². The van der Waals surface area contributed by atoms with Gasteiger partial charge in [0.15, 0.2) is 0 Å². The van der Waals surface area contributed by atoms with Crippen molar-refractivity contribution < 1.29 is 4.79 Å². The monoisotopic (exact) mass is 307 g/mol. The zero-order valence-corrected chi connectivity index (χ0v) is 13.7. The number of aryl methyl sites for hydroxylation is 2. The summed E-state index contributed by atoms with van der Waals surface area (Å²) in [7, 11) is 3.81. The van der Waals surface area contributed by atoms with Crippen LogP contribution in [0.1, 0.15) is 16.3 Å². The Bertz CT molecular complexity index is 619. The predicted molar refractivity (Wildman–Crippen MR) is 84.6 cm³/mol. The van der Waals surface area contributed by atoms with Crippen LogP contribution in [0.2, 0.25) is 0 Å². The molecule has 2 aromatic heterocycles. The number of thiazole rings is 1. The fourth-order valence-corrected chi connectivity index (χ4v) is 2.76. The largest absolute Gasteiger partial charge is 0.322 e. The third kappa shape index (κ3) is 4.12. The number of likely N-dealkylation sites (N-methyl/N-ethyl adjacent to an activating group) is 1. The molecular formula is C14H21N5OS. The van der Waals surface area contributed by atoms with E-state index in [1.54, 1.807) is 22.2 Å². The SMILES string of the molecule is Cc1ncsc1CCN(C)CC(=O)Nc1cnn(C)c1C. The molecule has 2 heterocycles. The Labute approximate surface area is 128 Å². The van der Waals surface area contributed by atoms with E-state index in [4.69, 9.17) is 0 Å². The molecule has 1 N–H and O–H groups in total. The Balaban J connectivity index is 1.79. The Kier molecular flexibility index (Phi) is 5.08. The van der Waals surface area contributed by atoms with Gasteiger partial charge in [0.1, 0.15) is 0 Å². The van der Waals surface area contributed by atoms with Crippen molar-refractivity contribution in [2.45, 2.75) is 20.3 Å². The minimum absolute atomic E-state index is 0.0189. The van der Waals surface area contributed by atoms with Crippen LogP contribution in [0.5, 0.6) is 0 Å². The average Bonchev–Trinajstić information content (AvgIpc) is 2.97. The summed E-state index contributed by atoms with van der Waals surface area (Å²) in [6.07, 6.45) is 2.60. The molecule has 6 nitrogen and oxygen atoms in total. The lowest BCUT2D eigenvalue weighted by Crippen LogP contribution is -2.31. The molecule has 0 saturated carbocycles. The van der Waals surface area contributed by atoms with Crippen molar-refractivity contribution in [3.63, 3.8) is 0 Å². The number of aromatic nitrogens is 3. The van der Waals surface area contributed by atoms with Crippen LogP contribution in [0, 0.1) is 13.8 Å². The van der Waals surface area contributed by atoms with Crippen molar-refractivity contribution in [2.24, 2.45) is 7.05 Å². The molecule has 0 atom stereocenters. The van der Waals surface area contributed by atoms with E-state index in [2.05, 4.69) is 15.4 Å². The fraction of sp³-hybridized carbons (Fsp3) is 0.500. The summed E-state index contributed by atoms with van der Waals surface area (Å²) in [5, 5.41) is 7.00. The molecule has 1 amide bonds. The van der Waals surface area contributed by atoms with E-state index in [1.165, 1.54) is 4.88 Å². The summed E-state index contributed by atoms with van der Waals surface area (Å²) in [4.78, 5) is 19.5. The van der Waals surface area contributed by atoms with Crippen LogP contribution >= 0.6 is 11.3 Å². The first-order chi connectivity index (χ1) is 9.97. The van der Waals surface area contributed by atoms with Crippen LogP contribution in [0.4, 0.5) is 5.69 Å². The first kappa shape index (κ1) is 15.7. The van der Waals surface area contributed by atoms with Gasteiger partial charge >= 0.3 is 0 Å². The molecular weight excluding hydrogens is 286 g/mol. The number of hydrogen-bond acceptors (Lipinski definition) is 5. The molecule has 0 aliphatic heterocycles. The zero-order valence-electron chi connectivity index (χ0n) is 12.9. The first-order valence-electron chi connectivity index (χ1n) is 6.83. The number of amides is 1. The van der Waals surface area contributed by atoms with Gasteiger partial charge in [-0.3, -0.25) is 14.4 Å². The number of hydrogen-bond donors (Lipinski definition) is 1. The van der Waals surface area contributed by atoms with Gasteiger partial charge in [-0.2, -0.15) is 5.10 Å². The normalized spacial score (nSPS) is 11.1. The third-order valence-corrected chi connectivity index (χ3v) is 4.48. The average molecular weight is 307 g/mol. The van der Waals surface area contributed by atoms with Crippen LogP contribution in [-0.4, -0.2) is 45.7 Å². The number of carbonyl (C=O) groups is 1. The standard InChI is InChI=1S/C14H21N5OS/c1-10-13(21-9-15-10)5-6-18(3)8-14(20)17-12-7-16-19(4)11(12)2/h7,9H,5-6,8H2,1-4H3,(H,17,20). The van der Waals surface area contributed by atoms with Crippen LogP contribution in [0.25, 0.3) is 0 Å². The van der Waals surface area contributed by atoms with Crippen molar-refractivity contribution in [1.29, 1.82) is 0 Å².